The van der Waals surface area contributed by atoms with Gasteiger partial charge in [-0.1, -0.05) is 39.0 Å². The lowest BCUT2D eigenvalue weighted by molar-refractivity contribution is 0.0198. The Balaban J connectivity index is 2.06. The van der Waals surface area contributed by atoms with Crippen LogP contribution >= 0.6 is 0 Å². The maximum atomic E-state index is 12.0. The fourth-order valence-corrected chi connectivity index (χ4v) is 2.80. The molecule has 22 heavy (non-hydrogen) atoms. The van der Waals surface area contributed by atoms with E-state index in [1.807, 2.05) is 25.7 Å². The van der Waals surface area contributed by atoms with Crippen LogP contribution < -0.4 is 5.32 Å². The van der Waals surface area contributed by atoms with Crippen molar-refractivity contribution in [3.63, 3.8) is 0 Å². The van der Waals surface area contributed by atoms with Crippen LogP contribution in [0.3, 0.4) is 0 Å². The van der Waals surface area contributed by atoms with E-state index in [0.717, 1.165) is 32.5 Å². The second kappa shape index (κ2) is 10.1. The van der Waals surface area contributed by atoms with Crippen molar-refractivity contribution in [1.82, 2.24) is 10.2 Å². The Morgan fingerprint density at radius 1 is 1.09 bits per heavy atom. The van der Waals surface area contributed by atoms with Crippen LogP contribution in [0.4, 0.5) is 4.79 Å². The minimum absolute atomic E-state index is 0.165. The highest BCUT2D eigenvalue weighted by Crippen LogP contribution is 2.15. The number of rotatable bonds is 8. The van der Waals surface area contributed by atoms with Crippen molar-refractivity contribution < 1.29 is 9.53 Å². The second-order valence-electron chi connectivity index (χ2n) is 7.46. The SMILES string of the molecule is CCCCCCCCNC1CCN(C(=O)OC(C)(C)C)CC1. The van der Waals surface area contributed by atoms with E-state index in [4.69, 9.17) is 4.74 Å². The number of nitrogens with one attached hydrogen (secondary N) is 1. The highest BCUT2D eigenvalue weighted by molar-refractivity contribution is 5.68. The first-order valence-corrected chi connectivity index (χ1v) is 9.13. The first-order valence-electron chi connectivity index (χ1n) is 9.13. The summed E-state index contributed by atoms with van der Waals surface area (Å²) in [6.45, 7) is 10.7. The molecule has 4 nitrogen and oxygen atoms in total. The summed E-state index contributed by atoms with van der Waals surface area (Å²) >= 11 is 0. The highest BCUT2D eigenvalue weighted by atomic mass is 16.6. The number of nitrogens with zero attached hydrogens (tertiary/aromatic N) is 1. The number of hydrogen-bond donors (Lipinski definition) is 1. The Kier molecular flexibility index (Phi) is 8.84. The van der Waals surface area contributed by atoms with E-state index in [2.05, 4.69) is 12.2 Å². The van der Waals surface area contributed by atoms with Gasteiger partial charge in [0, 0.05) is 19.1 Å². The lowest BCUT2D eigenvalue weighted by atomic mass is 10.0. The molecule has 0 atom stereocenters. The summed E-state index contributed by atoms with van der Waals surface area (Å²) in [7, 11) is 0. The normalized spacial score (nSPS) is 16.8. The quantitative estimate of drug-likeness (QED) is 0.678. The topological polar surface area (TPSA) is 41.6 Å². The van der Waals surface area contributed by atoms with Crippen molar-refractivity contribution in [3.8, 4) is 0 Å². The number of piperidine rings is 1. The first kappa shape index (κ1) is 19.3. The fraction of sp³-hybridized carbons (Fsp3) is 0.944. The second-order valence-corrected chi connectivity index (χ2v) is 7.46. The molecule has 1 rings (SSSR count). The standard InChI is InChI=1S/C18H36N2O2/c1-5-6-7-8-9-10-13-19-16-11-14-20(15-12-16)17(21)22-18(2,3)4/h16,19H,5-15H2,1-4H3. The van der Waals surface area contributed by atoms with Gasteiger partial charge in [0.2, 0.25) is 0 Å². The third kappa shape index (κ3) is 8.62. The van der Waals surface area contributed by atoms with E-state index in [0.29, 0.717) is 6.04 Å². The average molecular weight is 312 g/mol. The molecule has 1 aliphatic heterocycles. The minimum Gasteiger partial charge on any atom is -0.444 e. The van der Waals surface area contributed by atoms with Gasteiger partial charge in [0.05, 0.1) is 0 Å². The van der Waals surface area contributed by atoms with Crippen LogP contribution in [0.2, 0.25) is 0 Å². The van der Waals surface area contributed by atoms with Crippen LogP contribution in [-0.2, 0) is 4.74 Å². The lowest BCUT2D eigenvalue weighted by Crippen LogP contribution is -2.46. The maximum absolute atomic E-state index is 12.0. The van der Waals surface area contributed by atoms with Crippen molar-refractivity contribution in [2.45, 2.75) is 90.7 Å². The maximum Gasteiger partial charge on any atom is 0.410 e. The molecular weight excluding hydrogens is 276 g/mol. The van der Waals surface area contributed by atoms with Crippen LogP contribution in [0.25, 0.3) is 0 Å². The zero-order chi connectivity index (χ0) is 16.4. The number of carbonyl (C=O) groups excluding carboxylic acids is 1. The molecule has 0 saturated carbocycles. The summed E-state index contributed by atoms with van der Waals surface area (Å²) in [5.41, 5.74) is -0.399. The van der Waals surface area contributed by atoms with E-state index >= 15 is 0 Å². The molecule has 0 aromatic rings. The predicted molar refractivity (Wildman–Crippen MR) is 92.2 cm³/mol. The van der Waals surface area contributed by atoms with Gasteiger partial charge in [-0.3, -0.25) is 0 Å². The van der Waals surface area contributed by atoms with Crippen molar-refractivity contribution in [3.05, 3.63) is 0 Å². The molecule has 0 bridgehead atoms. The third-order valence-electron chi connectivity index (χ3n) is 4.11. The van der Waals surface area contributed by atoms with Gasteiger partial charge in [-0.15, -0.1) is 0 Å². The van der Waals surface area contributed by atoms with Crippen LogP contribution in [0.15, 0.2) is 0 Å². The van der Waals surface area contributed by atoms with Gasteiger partial charge in [-0.2, -0.15) is 0 Å². The third-order valence-corrected chi connectivity index (χ3v) is 4.11. The number of likely N-dealkylation sites (tertiary alicyclic amines) is 1. The van der Waals surface area contributed by atoms with Crippen LogP contribution in [0.1, 0.15) is 79.1 Å². The number of unbranched alkanes of at least 4 members (excludes halogenated alkanes) is 5. The Morgan fingerprint density at radius 3 is 2.27 bits per heavy atom. The van der Waals surface area contributed by atoms with Gasteiger partial charge in [0.1, 0.15) is 5.60 Å². The largest absolute Gasteiger partial charge is 0.444 e. The summed E-state index contributed by atoms with van der Waals surface area (Å²) in [6.07, 6.45) is 9.95. The molecule has 0 spiro atoms. The molecule has 0 aromatic carbocycles. The number of hydrogen-bond acceptors (Lipinski definition) is 3. The van der Waals surface area contributed by atoms with Gasteiger partial charge in [-0.25, -0.2) is 4.79 Å². The van der Waals surface area contributed by atoms with E-state index in [1.165, 1.54) is 38.5 Å². The zero-order valence-corrected chi connectivity index (χ0v) is 15.1. The average Bonchev–Trinajstić information content (AvgIpc) is 2.45. The molecule has 1 heterocycles. The lowest BCUT2D eigenvalue weighted by Gasteiger charge is -2.33. The van der Waals surface area contributed by atoms with Gasteiger partial charge in [0.15, 0.2) is 0 Å². The molecule has 1 saturated heterocycles. The number of amides is 1. The molecule has 1 amide bonds. The predicted octanol–water partition coefficient (Wildman–Crippen LogP) is 4.34. The molecule has 1 N–H and O–H groups in total. The van der Waals surface area contributed by atoms with Crippen molar-refractivity contribution in [1.29, 1.82) is 0 Å². The van der Waals surface area contributed by atoms with Gasteiger partial charge in [0.25, 0.3) is 0 Å². The van der Waals surface area contributed by atoms with Crippen LogP contribution in [-0.4, -0.2) is 42.3 Å². The van der Waals surface area contributed by atoms with Crippen molar-refractivity contribution in [2.75, 3.05) is 19.6 Å². The smallest absolute Gasteiger partial charge is 0.410 e. The molecule has 0 radical (unpaired) electrons. The molecular formula is C18H36N2O2. The molecule has 130 valence electrons. The summed E-state index contributed by atoms with van der Waals surface area (Å²) in [5, 5.41) is 3.64. The Labute approximate surface area is 137 Å². The molecule has 4 heteroatoms. The van der Waals surface area contributed by atoms with Crippen LogP contribution in [0.5, 0.6) is 0 Å². The van der Waals surface area contributed by atoms with Gasteiger partial charge < -0.3 is 15.0 Å². The summed E-state index contributed by atoms with van der Waals surface area (Å²) in [6, 6.07) is 0.564. The summed E-state index contributed by atoms with van der Waals surface area (Å²) < 4.78 is 5.42. The first-order chi connectivity index (χ1) is 10.4. The molecule has 1 fully saturated rings. The molecule has 0 aliphatic carbocycles. The van der Waals surface area contributed by atoms with E-state index in [-0.39, 0.29) is 6.09 Å². The number of ether oxygens (including phenoxy) is 1. The van der Waals surface area contributed by atoms with Crippen molar-refractivity contribution in [2.24, 2.45) is 0 Å². The van der Waals surface area contributed by atoms with Crippen LogP contribution in [0, 0.1) is 0 Å². The Bertz CT molecular complexity index is 305. The van der Waals surface area contributed by atoms with Gasteiger partial charge >= 0.3 is 6.09 Å². The molecule has 0 unspecified atom stereocenters. The zero-order valence-electron chi connectivity index (χ0n) is 15.1. The highest BCUT2D eigenvalue weighted by Gasteiger charge is 2.26. The fourth-order valence-electron chi connectivity index (χ4n) is 2.80. The van der Waals surface area contributed by atoms with E-state index in [9.17, 15) is 4.79 Å². The molecule has 1 aliphatic rings. The summed E-state index contributed by atoms with van der Waals surface area (Å²) in [5.74, 6) is 0. The van der Waals surface area contributed by atoms with E-state index < -0.39 is 5.60 Å². The van der Waals surface area contributed by atoms with Crippen molar-refractivity contribution >= 4 is 6.09 Å². The molecule has 0 aromatic heterocycles. The summed E-state index contributed by atoms with van der Waals surface area (Å²) in [4.78, 5) is 13.8. The Hall–Kier alpha value is -0.770. The van der Waals surface area contributed by atoms with Gasteiger partial charge in [-0.05, 0) is 46.6 Å². The Morgan fingerprint density at radius 2 is 1.68 bits per heavy atom. The number of carbonyl (C=O) groups is 1. The minimum atomic E-state index is -0.399. The monoisotopic (exact) mass is 312 g/mol. The van der Waals surface area contributed by atoms with E-state index in [1.54, 1.807) is 0 Å².